The Hall–Kier alpha value is -2.44. The summed E-state index contributed by atoms with van der Waals surface area (Å²) in [6.07, 6.45) is 1.17. The number of rotatable bonds is 6. The van der Waals surface area contributed by atoms with Gasteiger partial charge in [0, 0.05) is 15.7 Å². The average Bonchev–Trinajstić information content (AvgIpc) is 2.80. The van der Waals surface area contributed by atoms with Gasteiger partial charge < -0.3 is 9.15 Å². The normalized spacial score (nSPS) is 12.3. The Morgan fingerprint density at radius 3 is 2.95 bits per heavy atom. The lowest BCUT2D eigenvalue weighted by Crippen LogP contribution is -2.17. The van der Waals surface area contributed by atoms with Gasteiger partial charge in [-0.25, -0.2) is 4.39 Å². The van der Waals surface area contributed by atoms with Crippen LogP contribution in [-0.4, -0.2) is 24.0 Å². The third-order valence-corrected chi connectivity index (χ3v) is 3.05. The van der Waals surface area contributed by atoms with E-state index in [-0.39, 0.29) is 13.0 Å². The van der Waals surface area contributed by atoms with Gasteiger partial charge in [0.25, 0.3) is 0 Å². The summed E-state index contributed by atoms with van der Waals surface area (Å²) in [4.78, 5) is 21.8. The Bertz CT molecular complexity index is 666. The fraction of sp³-hybridized carbons (Fsp3) is 0.357. The van der Waals surface area contributed by atoms with Crippen LogP contribution in [0.5, 0.6) is 0 Å². The minimum absolute atomic E-state index is 0.158. The molecule has 7 heteroatoms. The van der Waals surface area contributed by atoms with Crippen molar-refractivity contribution in [1.82, 2.24) is 0 Å². The molecule has 2 rings (SSSR count). The number of nitro groups is 1. The lowest BCUT2D eigenvalue weighted by molar-refractivity contribution is -0.483. The van der Waals surface area contributed by atoms with Crippen molar-refractivity contribution in [3.63, 3.8) is 0 Å². The van der Waals surface area contributed by atoms with E-state index < -0.39 is 29.2 Å². The lowest BCUT2D eigenvalue weighted by Gasteiger charge is -2.10. The summed E-state index contributed by atoms with van der Waals surface area (Å²) < 4.78 is 23.3. The molecule has 21 heavy (non-hydrogen) atoms. The number of ether oxygens (including phenoxy) is 1. The SMILES string of the molecule is CCOC(=O)CC(C[N+](=O)[O-])c1occ2cc(F)ccc12. The van der Waals surface area contributed by atoms with Gasteiger partial charge >= 0.3 is 5.97 Å². The maximum atomic E-state index is 13.1. The van der Waals surface area contributed by atoms with Gasteiger partial charge in [0.2, 0.25) is 6.54 Å². The van der Waals surface area contributed by atoms with Crippen LogP contribution in [0.3, 0.4) is 0 Å². The van der Waals surface area contributed by atoms with Gasteiger partial charge in [-0.2, -0.15) is 0 Å². The molecule has 0 bridgehead atoms. The number of benzene rings is 1. The summed E-state index contributed by atoms with van der Waals surface area (Å²) in [5.41, 5.74) is 0. The smallest absolute Gasteiger partial charge is 0.306 e. The van der Waals surface area contributed by atoms with Gasteiger partial charge in [-0.05, 0) is 25.1 Å². The second-order valence-corrected chi connectivity index (χ2v) is 4.55. The monoisotopic (exact) mass is 295 g/mol. The highest BCUT2D eigenvalue weighted by atomic mass is 19.1. The van der Waals surface area contributed by atoms with Crippen LogP contribution in [0.25, 0.3) is 10.8 Å². The molecule has 0 radical (unpaired) electrons. The lowest BCUT2D eigenvalue weighted by atomic mass is 9.99. The number of carbonyl (C=O) groups excluding carboxylic acids is 1. The van der Waals surface area contributed by atoms with Gasteiger partial charge in [-0.15, -0.1) is 0 Å². The van der Waals surface area contributed by atoms with E-state index in [2.05, 4.69) is 0 Å². The number of nitrogens with zero attached hydrogens (tertiary/aromatic N) is 1. The molecular weight excluding hydrogens is 281 g/mol. The average molecular weight is 295 g/mol. The van der Waals surface area contributed by atoms with Crippen LogP contribution < -0.4 is 0 Å². The van der Waals surface area contributed by atoms with Gasteiger partial charge in [-0.1, -0.05) is 0 Å². The molecular formula is C14H14FNO5. The summed E-state index contributed by atoms with van der Waals surface area (Å²) in [5.74, 6) is -1.40. The van der Waals surface area contributed by atoms with Crippen molar-refractivity contribution in [2.45, 2.75) is 19.3 Å². The minimum Gasteiger partial charge on any atom is -0.467 e. The van der Waals surface area contributed by atoms with E-state index in [1.165, 1.54) is 24.5 Å². The van der Waals surface area contributed by atoms with Crippen LogP contribution in [0, 0.1) is 15.9 Å². The third kappa shape index (κ3) is 3.56. The first kappa shape index (κ1) is 15.0. The van der Waals surface area contributed by atoms with Crippen LogP contribution in [0.1, 0.15) is 25.0 Å². The number of hydrogen-bond acceptors (Lipinski definition) is 5. The van der Waals surface area contributed by atoms with E-state index in [0.29, 0.717) is 16.5 Å². The molecule has 0 amide bonds. The molecule has 2 aromatic rings. The quantitative estimate of drug-likeness (QED) is 0.465. The van der Waals surface area contributed by atoms with E-state index >= 15 is 0 Å². The van der Waals surface area contributed by atoms with Crippen LogP contribution in [0.15, 0.2) is 28.9 Å². The first-order chi connectivity index (χ1) is 10.0. The van der Waals surface area contributed by atoms with Crippen LogP contribution >= 0.6 is 0 Å². The van der Waals surface area contributed by atoms with Crippen LogP contribution in [0.4, 0.5) is 4.39 Å². The second kappa shape index (κ2) is 6.34. The highest BCUT2D eigenvalue weighted by Gasteiger charge is 2.27. The van der Waals surface area contributed by atoms with Crippen LogP contribution in [-0.2, 0) is 9.53 Å². The summed E-state index contributed by atoms with van der Waals surface area (Å²) in [6.45, 7) is 1.40. The fourth-order valence-corrected chi connectivity index (χ4v) is 2.20. The van der Waals surface area contributed by atoms with Gasteiger partial charge in [0.05, 0.1) is 25.2 Å². The van der Waals surface area contributed by atoms with E-state index in [4.69, 9.17) is 9.15 Å². The zero-order valence-corrected chi connectivity index (χ0v) is 11.4. The molecule has 112 valence electrons. The number of carbonyl (C=O) groups is 1. The van der Waals surface area contributed by atoms with Crippen molar-refractivity contribution >= 4 is 16.7 Å². The van der Waals surface area contributed by atoms with Gasteiger partial charge in [0.15, 0.2) is 0 Å². The summed E-state index contributed by atoms with van der Waals surface area (Å²) in [6, 6.07) is 4.01. The molecule has 1 unspecified atom stereocenters. The minimum atomic E-state index is -0.748. The Morgan fingerprint density at radius 2 is 2.29 bits per heavy atom. The highest BCUT2D eigenvalue weighted by molar-refractivity contribution is 5.85. The van der Waals surface area contributed by atoms with Crippen molar-refractivity contribution in [2.75, 3.05) is 13.2 Å². The Labute approximate surface area is 119 Å². The topological polar surface area (TPSA) is 82.6 Å². The molecule has 6 nitrogen and oxygen atoms in total. The van der Waals surface area contributed by atoms with E-state index in [1.54, 1.807) is 6.92 Å². The molecule has 1 heterocycles. The fourth-order valence-electron chi connectivity index (χ4n) is 2.20. The number of fused-ring (bicyclic) bond motifs is 1. The van der Waals surface area contributed by atoms with E-state index in [0.717, 1.165) is 0 Å². The summed E-state index contributed by atoms with van der Waals surface area (Å²) >= 11 is 0. The van der Waals surface area contributed by atoms with Crippen molar-refractivity contribution in [2.24, 2.45) is 0 Å². The van der Waals surface area contributed by atoms with Gasteiger partial charge in [-0.3, -0.25) is 14.9 Å². The zero-order chi connectivity index (χ0) is 15.4. The summed E-state index contributed by atoms with van der Waals surface area (Å²) in [7, 11) is 0. The molecule has 0 aliphatic rings. The molecule has 0 saturated heterocycles. The molecule has 1 atom stereocenters. The van der Waals surface area contributed by atoms with Crippen molar-refractivity contribution in [3.05, 3.63) is 46.2 Å². The molecule has 0 aliphatic carbocycles. The molecule has 0 N–H and O–H groups in total. The predicted octanol–water partition coefficient (Wildman–Crippen LogP) is 2.89. The van der Waals surface area contributed by atoms with Gasteiger partial charge in [0.1, 0.15) is 11.6 Å². The second-order valence-electron chi connectivity index (χ2n) is 4.55. The number of hydrogen-bond donors (Lipinski definition) is 0. The Kier molecular flexibility index (Phi) is 4.52. The Balaban J connectivity index is 2.33. The largest absolute Gasteiger partial charge is 0.467 e. The maximum absolute atomic E-state index is 13.1. The molecule has 0 fully saturated rings. The molecule has 1 aromatic carbocycles. The first-order valence-corrected chi connectivity index (χ1v) is 6.45. The molecule has 1 aromatic heterocycles. The van der Waals surface area contributed by atoms with E-state index in [9.17, 15) is 19.3 Å². The maximum Gasteiger partial charge on any atom is 0.306 e. The summed E-state index contributed by atoms with van der Waals surface area (Å²) in [5, 5.41) is 11.9. The predicted molar refractivity (Wildman–Crippen MR) is 72.0 cm³/mol. The van der Waals surface area contributed by atoms with Crippen molar-refractivity contribution < 1.29 is 23.3 Å². The number of furan rings is 1. The molecule has 0 saturated carbocycles. The Morgan fingerprint density at radius 1 is 1.52 bits per heavy atom. The highest BCUT2D eigenvalue weighted by Crippen LogP contribution is 2.30. The number of halogens is 1. The zero-order valence-electron chi connectivity index (χ0n) is 11.4. The van der Waals surface area contributed by atoms with Crippen molar-refractivity contribution in [3.8, 4) is 0 Å². The molecule has 0 spiro atoms. The van der Waals surface area contributed by atoms with E-state index in [1.807, 2.05) is 0 Å². The first-order valence-electron chi connectivity index (χ1n) is 6.45. The third-order valence-electron chi connectivity index (χ3n) is 3.05. The van der Waals surface area contributed by atoms with Crippen molar-refractivity contribution in [1.29, 1.82) is 0 Å². The van der Waals surface area contributed by atoms with Crippen LogP contribution in [0.2, 0.25) is 0 Å². The molecule has 0 aliphatic heterocycles. The standard InChI is InChI=1S/C14H14FNO5/c1-2-20-13(17)6-9(7-16(18)19)14-12-4-3-11(15)5-10(12)8-21-14/h3-5,8-9H,2,6-7H2,1H3. The number of esters is 1.